The van der Waals surface area contributed by atoms with E-state index in [9.17, 15) is 14.7 Å². The summed E-state index contributed by atoms with van der Waals surface area (Å²) in [5.74, 6) is 0.360. The monoisotopic (exact) mass is 466 g/mol. The Bertz CT molecular complexity index is 1060. The van der Waals surface area contributed by atoms with Crippen molar-refractivity contribution >= 4 is 17.4 Å². The molecule has 2 aliphatic rings. The van der Waals surface area contributed by atoms with Gasteiger partial charge in [0.05, 0.1) is 25.1 Å². The third-order valence-corrected chi connectivity index (χ3v) is 6.65. The van der Waals surface area contributed by atoms with Gasteiger partial charge >= 0.3 is 0 Å². The maximum atomic E-state index is 13.4. The number of carbonyl (C=O) groups is 2. The zero-order valence-electron chi connectivity index (χ0n) is 21.8. The molecule has 184 valence electrons. The average molecular weight is 467 g/mol. The molecule has 34 heavy (non-hydrogen) atoms. The predicted octanol–water partition coefficient (Wildman–Crippen LogP) is 5.29. The second-order valence-corrected chi connectivity index (χ2v) is 11.4. The van der Waals surface area contributed by atoms with Gasteiger partial charge in [0.1, 0.15) is 17.3 Å². The SMILES string of the molecule is CCCC1C(=O)C2=C(C=C1OC)CN(CC(=O)c1cc(C(C)(C)C)c(O)c(C(C)(C)C)c1)C2=N. The second kappa shape index (κ2) is 9.05. The first-order valence-electron chi connectivity index (χ1n) is 12.0. The van der Waals surface area contributed by atoms with Crippen LogP contribution < -0.4 is 0 Å². The molecule has 0 bridgehead atoms. The summed E-state index contributed by atoms with van der Waals surface area (Å²) in [6.45, 7) is 14.4. The molecule has 0 amide bonds. The number of amidine groups is 1. The lowest BCUT2D eigenvalue weighted by atomic mass is 9.78. The molecular weight excluding hydrogens is 428 g/mol. The van der Waals surface area contributed by atoms with Crippen molar-refractivity contribution in [3.63, 3.8) is 0 Å². The Hall–Kier alpha value is -2.89. The van der Waals surface area contributed by atoms with Crippen molar-refractivity contribution in [3.05, 3.63) is 51.8 Å². The number of rotatable bonds is 6. The third kappa shape index (κ3) is 4.68. The van der Waals surface area contributed by atoms with E-state index in [2.05, 4.69) is 0 Å². The number of allylic oxidation sites excluding steroid dienone is 1. The highest BCUT2D eigenvalue weighted by Gasteiger charge is 2.40. The number of nitrogens with one attached hydrogen (secondary N) is 1. The number of aromatic hydroxyl groups is 1. The molecule has 1 heterocycles. The first-order chi connectivity index (χ1) is 15.7. The molecular formula is C28H38N2O4. The maximum absolute atomic E-state index is 13.4. The Morgan fingerprint density at radius 1 is 1.15 bits per heavy atom. The van der Waals surface area contributed by atoms with Crippen molar-refractivity contribution in [2.75, 3.05) is 20.2 Å². The van der Waals surface area contributed by atoms with Crippen molar-refractivity contribution in [1.29, 1.82) is 5.41 Å². The van der Waals surface area contributed by atoms with Crippen LogP contribution in [0.25, 0.3) is 0 Å². The van der Waals surface area contributed by atoms with Gasteiger partial charge in [-0.2, -0.15) is 0 Å². The van der Waals surface area contributed by atoms with Gasteiger partial charge in [-0.15, -0.1) is 0 Å². The van der Waals surface area contributed by atoms with E-state index in [1.54, 1.807) is 24.1 Å². The van der Waals surface area contributed by atoms with Gasteiger partial charge in [0.2, 0.25) is 0 Å². The van der Waals surface area contributed by atoms with Gasteiger partial charge in [-0.3, -0.25) is 15.0 Å². The van der Waals surface area contributed by atoms with Gasteiger partial charge in [0, 0.05) is 23.2 Å². The molecule has 0 fully saturated rings. The molecule has 1 unspecified atom stereocenters. The fourth-order valence-electron chi connectivity index (χ4n) is 4.74. The predicted molar refractivity (Wildman–Crippen MR) is 135 cm³/mol. The van der Waals surface area contributed by atoms with E-state index in [-0.39, 0.29) is 46.4 Å². The highest BCUT2D eigenvalue weighted by molar-refractivity contribution is 6.25. The molecule has 6 heteroatoms. The summed E-state index contributed by atoms with van der Waals surface area (Å²) in [5, 5.41) is 19.6. The number of methoxy groups -OCH3 is 1. The fourth-order valence-corrected chi connectivity index (χ4v) is 4.74. The van der Waals surface area contributed by atoms with Crippen LogP contribution in [0.5, 0.6) is 5.75 Å². The number of phenols is 1. The molecule has 1 aliphatic carbocycles. The number of hydrogen-bond acceptors (Lipinski definition) is 5. The number of hydrogen-bond donors (Lipinski definition) is 2. The minimum Gasteiger partial charge on any atom is -0.507 e. The lowest BCUT2D eigenvalue weighted by Crippen LogP contribution is -2.34. The Labute approximate surface area is 203 Å². The van der Waals surface area contributed by atoms with Crippen molar-refractivity contribution in [1.82, 2.24) is 4.90 Å². The Balaban J connectivity index is 1.92. The molecule has 0 aromatic heterocycles. The molecule has 1 aromatic carbocycles. The van der Waals surface area contributed by atoms with Gasteiger partial charge in [0.15, 0.2) is 11.6 Å². The van der Waals surface area contributed by atoms with Gasteiger partial charge in [-0.1, -0.05) is 54.9 Å². The lowest BCUT2D eigenvalue weighted by molar-refractivity contribution is -0.119. The summed E-state index contributed by atoms with van der Waals surface area (Å²) < 4.78 is 5.48. The smallest absolute Gasteiger partial charge is 0.182 e. The van der Waals surface area contributed by atoms with Crippen LogP contribution in [0.1, 0.15) is 82.8 Å². The van der Waals surface area contributed by atoms with Crippen molar-refractivity contribution in [2.24, 2.45) is 5.92 Å². The van der Waals surface area contributed by atoms with Crippen molar-refractivity contribution in [3.8, 4) is 5.75 Å². The highest BCUT2D eigenvalue weighted by Crippen LogP contribution is 2.40. The number of nitrogens with zero attached hydrogens (tertiary/aromatic N) is 1. The second-order valence-electron chi connectivity index (χ2n) is 11.4. The number of ether oxygens (including phenoxy) is 1. The zero-order valence-corrected chi connectivity index (χ0v) is 21.8. The van der Waals surface area contributed by atoms with E-state index in [1.807, 2.05) is 54.5 Å². The molecule has 0 saturated heterocycles. The van der Waals surface area contributed by atoms with Gasteiger partial charge in [-0.25, -0.2) is 0 Å². The van der Waals surface area contributed by atoms with E-state index in [0.29, 0.717) is 29.9 Å². The van der Waals surface area contributed by atoms with E-state index in [0.717, 1.165) is 23.1 Å². The number of Topliss-reactive ketones (excluding diaryl/α,β-unsaturated/α-hetero) is 2. The quantitative estimate of drug-likeness (QED) is 0.556. The summed E-state index contributed by atoms with van der Waals surface area (Å²) >= 11 is 0. The fraction of sp³-hybridized carbons (Fsp3) is 0.536. The molecule has 0 spiro atoms. The van der Waals surface area contributed by atoms with E-state index in [1.165, 1.54) is 0 Å². The van der Waals surface area contributed by atoms with Crippen LogP contribution in [0.3, 0.4) is 0 Å². The van der Waals surface area contributed by atoms with Crippen LogP contribution in [-0.4, -0.2) is 47.6 Å². The summed E-state index contributed by atoms with van der Waals surface area (Å²) in [6.07, 6.45) is 3.37. The Morgan fingerprint density at radius 2 is 1.71 bits per heavy atom. The lowest BCUT2D eigenvalue weighted by Gasteiger charge is -2.28. The van der Waals surface area contributed by atoms with E-state index < -0.39 is 0 Å². The molecule has 3 rings (SSSR count). The van der Waals surface area contributed by atoms with Crippen LogP contribution in [0.2, 0.25) is 0 Å². The van der Waals surface area contributed by atoms with Crippen LogP contribution in [0.4, 0.5) is 0 Å². The Morgan fingerprint density at radius 3 is 2.18 bits per heavy atom. The molecule has 1 aromatic rings. The molecule has 1 atom stereocenters. The topological polar surface area (TPSA) is 90.7 Å². The van der Waals surface area contributed by atoms with E-state index in [4.69, 9.17) is 10.1 Å². The summed E-state index contributed by atoms with van der Waals surface area (Å²) in [5.41, 5.74) is 2.41. The standard InChI is InChI=1S/C28H38N2O4/c1-9-10-18-22(34-8)13-17-14-30(26(29)23(17)24(18)32)15-21(31)16-11-19(27(2,3)4)25(33)20(12-16)28(5,6)7/h11-13,18,29,33H,9-10,14-15H2,1-8H3. The van der Waals surface area contributed by atoms with Gasteiger partial charge in [-0.05, 0) is 41.0 Å². The molecule has 1 aliphatic heterocycles. The number of ketones is 2. The number of benzene rings is 1. The summed E-state index contributed by atoms with van der Waals surface area (Å²) in [6, 6.07) is 3.54. The summed E-state index contributed by atoms with van der Waals surface area (Å²) in [7, 11) is 1.57. The minimum atomic E-state index is -0.370. The number of phenolic OH excluding ortho intramolecular Hbond substituents is 1. The Kier molecular flexibility index (Phi) is 6.84. The highest BCUT2D eigenvalue weighted by atomic mass is 16.5. The van der Waals surface area contributed by atoms with Gasteiger partial charge in [0.25, 0.3) is 0 Å². The molecule has 0 saturated carbocycles. The largest absolute Gasteiger partial charge is 0.507 e. The van der Waals surface area contributed by atoms with E-state index >= 15 is 0 Å². The average Bonchev–Trinajstić information content (AvgIpc) is 3.03. The molecule has 0 radical (unpaired) electrons. The number of carbonyl (C=O) groups excluding carboxylic acids is 2. The van der Waals surface area contributed by atoms with Crippen molar-refractivity contribution in [2.45, 2.75) is 72.1 Å². The first-order valence-corrected chi connectivity index (χ1v) is 12.0. The van der Waals surface area contributed by atoms with Crippen LogP contribution in [0.15, 0.2) is 35.1 Å². The van der Waals surface area contributed by atoms with Crippen molar-refractivity contribution < 1.29 is 19.4 Å². The van der Waals surface area contributed by atoms with Crippen LogP contribution in [0, 0.1) is 11.3 Å². The van der Waals surface area contributed by atoms with Crippen LogP contribution >= 0.6 is 0 Å². The molecule has 2 N–H and O–H groups in total. The first kappa shape index (κ1) is 25.7. The molecule has 6 nitrogen and oxygen atoms in total. The van der Waals surface area contributed by atoms with Gasteiger partial charge < -0.3 is 14.7 Å². The third-order valence-electron chi connectivity index (χ3n) is 6.65. The summed E-state index contributed by atoms with van der Waals surface area (Å²) in [4.78, 5) is 28.2. The zero-order chi connectivity index (χ0) is 25.6. The normalized spacial score (nSPS) is 18.9. The maximum Gasteiger partial charge on any atom is 0.182 e. The minimum absolute atomic E-state index is 0.00828. The van der Waals surface area contributed by atoms with Crippen LogP contribution in [-0.2, 0) is 20.4 Å².